The van der Waals surface area contributed by atoms with Gasteiger partial charge in [0.2, 0.25) is 0 Å². The number of carboxylic acid groups (broad SMARTS) is 1. The molecule has 1 unspecified atom stereocenters. The molecular formula is C14H17BrN2O3. The van der Waals surface area contributed by atoms with Crippen LogP contribution in [0, 0.1) is 5.92 Å². The molecule has 2 amide bonds. The first-order chi connectivity index (χ1) is 9.47. The number of hydrogen-bond donors (Lipinski definition) is 2. The standard InChI is InChI=1S/C14H17BrN2O3/c1-9-3-2-6-17(8-9)14(20)16-12-5-4-10(15)7-11(12)13(18)19/h4-5,7,9H,2-3,6,8H2,1H3,(H,16,20)(H,18,19). The number of halogens is 1. The Morgan fingerprint density at radius 1 is 1.45 bits per heavy atom. The van der Waals surface area contributed by atoms with Gasteiger partial charge in [-0.3, -0.25) is 0 Å². The maximum atomic E-state index is 12.2. The lowest BCUT2D eigenvalue weighted by Crippen LogP contribution is -2.41. The Balaban J connectivity index is 2.13. The molecular weight excluding hydrogens is 324 g/mol. The van der Waals surface area contributed by atoms with Gasteiger partial charge >= 0.3 is 12.0 Å². The monoisotopic (exact) mass is 340 g/mol. The molecule has 1 aliphatic rings. The van der Waals surface area contributed by atoms with E-state index in [4.69, 9.17) is 5.11 Å². The van der Waals surface area contributed by atoms with E-state index in [-0.39, 0.29) is 11.6 Å². The molecule has 2 rings (SSSR count). The summed E-state index contributed by atoms with van der Waals surface area (Å²) in [6, 6.07) is 4.55. The van der Waals surface area contributed by atoms with Gasteiger partial charge in [0.1, 0.15) is 0 Å². The average molecular weight is 341 g/mol. The Labute approximate surface area is 126 Å². The number of aromatic carboxylic acids is 1. The first kappa shape index (κ1) is 14.8. The zero-order valence-corrected chi connectivity index (χ0v) is 12.8. The van der Waals surface area contributed by atoms with Crippen molar-refractivity contribution in [1.29, 1.82) is 0 Å². The number of carboxylic acids is 1. The summed E-state index contributed by atoms with van der Waals surface area (Å²) in [6.45, 7) is 3.54. The highest BCUT2D eigenvalue weighted by molar-refractivity contribution is 9.10. The number of urea groups is 1. The van der Waals surface area contributed by atoms with Gasteiger partial charge in [0.15, 0.2) is 0 Å². The van der Waals surface area contributed by atoms with Crippen molar-refractivity contribution in [1.82, 2.24) is 4.90 Å². The second kappa shape index (κ2) is 6.26. The summed E-state index contributed by atoms with van der Waals surface area (Å²) in [4.78, 5) is 25.1. The molecule has 6 heteroatoms. The van der Waals surface area contributed by atoms with Crippen LogP contribution in [0.2, 0.25) is 0 Å². The van der Waals surface area contributed by atoms with Crippen LogP contribution in [0.15, 0.2) is 22.7 Å². The molecule has 0 aromatic heterocycles. The van der Waals surface area contributed by atoms with Gasteiger partial charge in [-0.15, -0.1) is 0 Å². The largest absolute Gasteiger partial charge is 0.478 e. The third kappa shape index (κ3) is 3.50. The van der Waals surface area contributed by atoms with Crippen LogP contribution in [-0.2, 0) is 0 Å². The summed E-state index contributed by atoms with van der Waals surface area (Å²) in [5, 5.41) is 11.9. The minimum atomic E-state index is -1.06. The number of carbonyl (C=O) groups excluding carboxylic acids is 1. The van der Waals surface area contributed by atoms with E-state index in [0.717, 1.165) is 19.4 Å². The average Bonchev–Trinajstić information content (AvgIpc) is 2.40. The number of rotatable bonds is 2. The highest BCUT2D eigenvalue weighted by atomic mass is 79.9. The van der Waals surface area contributed by atoms with E-state index in [2.05, 4.69) is 28.2 Å². The van der Waals surface area contributed by atoms with E-state index >= 15 is 0 Å². The van der Waals surface area contributed by atoms with E-state index < -0.39 is 5.97 Å². The number of benzene rings is 1. The number of piperidine rings is 1. The first-order valence-electron chi connectivity index (χ1n) is 6.56. The quantitative estimate of drug-likeness (QED) is 0.866. The minimum absolute atomic E-state index is 0.0813. The van der Waals surface area contributed by atoms with Crippen LogP contribution in [0.4, 0.5) is 10.5 Å². The van der Waals surface area contributed by atoms with Gasteiger partial charge in [0, 0.05) is 17.6 Å². The van der Waals surface area contributed by atoms with Crippen LogP contribution in [0.1, 0.15) is 30.1 Å². The lowest BCUT2D eigenvalue weighted by molar-refractivity contribution is 0.0698. The maximum Gasteiger partial charge on any atom is 0.337 e. The molecule has 1 atom stereocenters. The molecule has 2 N–H and O–H groups in total. The minimum Gasteiger partial charge on any atom is -0.478 e. The second-order valence-corrected chi connectivity index (χ2v) is 6.03. The number of amides is 2. The molecule has 0 aliphatic carbocycles. The molecule has 1 heterocycles. The number of nitrogens with zero attached hydrogens (tertiary/aromatic N) is 1. The predicted molar refractivity (Wildman–Crippen MR) is 80.1 cm³/mol. The van der Waals surface area contributed by atoms with Gasteiger partial charge in [-0.2, -0.15) is 0 Å². The van der Waals surface area contributed by atoms with Crippen LogP contribution in [-0.4, -0.2) is 35.1 Å². The summed E-state index contributed by atoms with van der Waals surface area (Å²) < 4.78 is 0.666. The van der Waals surface area contributed by atoms with Gasteiger partial charge in [-0.1, -0.05) is 22.9 Å². The lowest BCUT2D eigenvalue weighted by Gasteiger charge is -2.31. The van der Waals surface area contributed by atoms with Crippen molar-refractivity contribution in [3.63, 3.8) is 0 Å². The Hall–Kier alpha value is -1.56. The Bertz CT molecular complexity index is 533. The van der Waals surface area contributed by atoms with Gasteiger partial charge in [0.25, 0.3) is 0 Å². The molecule has 5 nitrogen and oxygen atoms in total. The van der Waals surface area contributed by atoms with Crippen LogP contribution in [0.3, 0.4) is 0 Å². The van der Waals surface area contributed by atoms with Crippen LogP contribution < -0.4 is 5.32 Å². The third-order valence-electron chi connectivity index (χ3n) is 3.40. The summed E-state index contributed by atoms with van der Waals surface area (Å²) in [5.41, 5.74) is 0.404. The molecule has 0 spiro atoms. The molecule has 108 valence electrons. The number of hydrogen-bond acceptors (Lipinski definition) is 2. The highest BCUT2D eigenvalue weighted by Crippen LogP contribution is 2.22. The summed E-state index contributed by atoms with van der Waals surface area (Å²) in [5.74, 6) is -0.577. The van der Waals surface area contributed by atoms with Crippen molar-refractivity contribution in [2.45, 2.75) is 19.8 Å². The SMILES string of the molecule is CC1CCCN(C(=O)Nc2ccc(Br)cc2C(=O)O)C1. The fourth-order valence-corrected chi connectivity index (χ4v) is 2.73. The smallest absolute Gasteiger partial charge is 0.337 e. The Morgan fingerprint density at radius 3 is 2.85 bits per heavy atom. The summed E-state index contributed by atoms with van der Waals surface area (Å²) in [7, 11) is 0. The predicted octanol–water partition coefficient (Wildman–Crippen LogP) is 3.41. The highest BCUT2D eigenvalue weighted by Gasteiger charge is 2.22. The normalized spacial score (nSPS) is 18.7. The van der Waals surface area contributed by atoms with Crippen molar-refractivity contribution in [3.05, 3.63) is 28.2 Å². The maximum absolute atomic E-state index is 12.2. The van der Waals surface area contributed by atoms with E-state index in [1.54, 1.807) is 17.0 Å². The molecule has 1 saturated heterocycles. The van der Waals surface area contributed by atoms with Crippen molar-refractivity contribution >= 4 is 33.6 Å². The van der Waals surface area contributed by atoms with Gasteiger partial charge in [-0.05, 0) is 37.0 Å². The third-order valence-corrected chi connectivity index (χ3v) is 3.89. The fourth-order valence-electron chi connectivity index (χ4n) is 2.37. The van der Waals surface area contributed by atoms with Crippen LogP contribution in [0.25, 0.3) is 0 Å². The van der Waals surface area contributed by atoms with Gasteiger partial charge in [-0.25, -0.2) is 9.59 Å². The van der Waals surface area contributed by atoms with Gasteiger partial charge in [0.05, 0.1) is 11.3 Å². The molecule has 20 heavy (non-hydrogen) atoms. The number of carbonyl (C=O) groups is 2. The first-order valence-corrected chi connectivity index (χ1v) is 7.35. The van der Waals surface area contributed by atoms with Crippen molar-refractivity contribution < 1.29 is 14.7 Å². The van der Waals surface area contributed by atoms with E-state index in [9.17, 15) is 9.59 Å². The van der Waals surface area contributed by atoms with E-state index in [1.165, 1.54) is 6.07 Å². The van der Waals surface area contributed by atoms with Crippen molar-refractivity contribution in [2.24, 2.45) is 5.92 Å². The van der Waals surface area contributed by atoms with E-state index in [0.29, 0.717) is 22.6 Å². The van der Waals surface area contributed by atoms with Crippen molar-refractivity contribution in [2.75, 3.05) is 18.4 Å². The number of likely N-dealkylation sites (tertiary alicyclic amines) is 1. The molecule has 0 saturated carbocycles. The number of nitrogens with one attached hydrogen (secondary N) is 1. The second-order valence-electron chi connectivity index (χ2n) is 5.12. The molecule has 1 aliphatic heterocycles. The molecule has 1 aromatic rings. The Kier molecular flexibility index (Phi) is 4.65. The van der Waals surface area contributed by atoms with Crippen molar-refractivity contribution in [3.8, 4) is 0 Å². The van der Waals surface area contributed by atoms with Gasteiger partial charge < -0.3 is 15.3 Å². The number of anilines is 1. The summed E-state index contributed by atoms with van der Waals surface area (Å²) >= 11 is 3.23. The van der Waals surface area contributed by atoms with Crippen LogP contribution in [0.5, 0.6) is 0 Å². The molecule has 1 aromatic carbocycles. The zero-order chi connectivity index (χ0) is 14.7. The molecule has 0 radical (unpaired) electrons. The lowest BCUT2D eigenvalue weighted by atomic mass is 10.0. The summed E-state index contributed by atoms with van der Waals surface area (Å²) in [6.07, 6.45) is 2.11. The molecule has 1 fully saturated rings. The molecule has 0 bridgehead atoms. The Morgan fingerprint density at radius 2 is 2.20 bits per heavy atom. The van der Waals surface area contributed by atoms with Crippen LogP contribution >= 0.6 is 15.9 Å². The van der Waals surface area contributed by atoms with E-state index in [1.807, 2.05) is 0 Å². The topological polar surface area (TPSA) is 69.6 Å². The zero-order valence-electron chi connectivity index (χ0n) is 11.2. The fraction of sp³-hybridized carbons (Fsp3) is 0.429.